The van der Waals surface area contributed by atoms with Crippen LogP contribution in [-0.4, -0.2) is 40.0 Å². The first-order valence-corrected chi connectivity index (χ1v) is 7.29. The molecule has 1 N–H and O–H groups in total. The fourth-order valence-electron chi connectivity index (χ4n) is 2.78. The lowest BCUT2D eigenvalue weighted by atomic mass is 9.73. The smallest absolute Gasteiger partial charge is 0.128 e. The molecule has 0 unspecified atom stereocenters. The van der Waals surface area contributed by atoms with E-state index in [1.807, 2.05) is 0 Å². The zero-order valence-corrected chi connectivity index (χ0v) is 12.5. The van der Waals surface area contributed by atoms with Crippen molar-refractivity contribution in [3.05, 3.63) is 34.6 Å². The molecular formula is C15H21ClFNO2. The molecule has 1 fully saturated rings. The molecule has 1 aliphatic rings. The van der Waals surface area contributed by atoms with Crippen molar-refractivity contribution in [2.45, 2.75) is 18.3 Å². The standard InChI is InChI=1S/C15H21ClFNO2/c1-19-10-7-18-11-15(5-8-20-9-6-15)14-12(16)3-2-4-13(14)17/h2-4,18H,5-11H2,1H3. The number of rotatable bonds is 6. The van der Waals surface area contributed by atoms with Crippen LogP contribution in [0.1, 0.15) is 18.4 Å². The Morgan fingerprint density at radius 2 is 2.15 bits per heavy atom. The summed E-state index contributed by atoms with van der Waals surface area (Å²) in [6.07, 6.45) is 1.54. The maximum Gasteiger partial charge on any atom is 0.128 e. The highest BCUT2D eigenvalue weighted by Crippen LogP contribution is 2.39. The molecule has 0 aromatic heterocycles. The molecule has 1 heterocycles. The summed E-state index contributed by atoms with van der Waals surface area (Å²) in [6, 6.07) is 4.88. The zero-order valence-electron chi connectivity index (χ0n) is 11.8. The normalized spacial score (nSPS) is 18.1. The van der Waals surface area contributed by atoms with Gasteiger partial charge < -0.3 is 14.8 Å². The minimum atomic E-state index is -0.297. The van der Waals surface area contributed by atoms with Crippen LogP contribution in [-0.2, 0) is 14.9 Å². The summed E-state index contributed by atoms with van der Waals surface area (Å²) in [5.41, 5.74) is 0.323. The highest BCUT2D eigenvalue weighted by molar-refractivity contribution is 6.31. The first-order valence-electron chi connectivity index (χ1n) is 6.91. The third-order valence-corrected chi connectivity index (χ3v) is 4.20. The molecule has 0 radical (unpaired) electrons. The van der Waals surface area contributed by atoms with E-state index in [4.69, 9.17) is 21.1 Å². The minimum Gasteiger partial charge on any atom is -0.383 e. The summed E-state index contributed by atoms with van der Waals surface area (Å²) in [5, 5.41) is 3.84. The monoisotopic (exact) mass is 301 g/mol. The first-order chi connectivity index (χ1) is 9.69. The third kappa shape index (κ3) is 3.50. The number of hydrogen-bond acceptors (Lipinski definition) is 3. The number of benzene rings is 1. The van der Waals surface area contributed by atoms with Crippen LogP contribution >= 0.6 is 11.6 Å². The van der Waals surface area contributed by atoms with Crippen molar-refractivity contribution in [2.75, 3.05) is 40.0 Å². The second kappa shape index (κ2) is 7.36. The van der Waals surface area contributed by atoms with Crippen LogP contribution in [0.15, 0.2) is 18.2 Å². The summed E-state index contributed by atoms with van der Waals surface area (Å²) in [4.78, 5) is 0. The first kappa shape index (κ1) is 15.7. The Hall–Kier alpha value is -0.680. The van der Waals surface area contributed by atoms with Gasteiger partial charge in [-0.15, -0.1) is 0 Å². The van der Waals surface area contributed by atoms with E-state index in [1.54, 1.807) is 19.2 Å². The lowest BCUT2D eigenvalue weighted by Gasteiger charge is -2.38. The average molecular weight is 302 g/mol. The fourth-order valence-corrected chi connectivity index (χ4v) is 3.15. The molecule has 1 aromatic carbocycles. The van der Waals surface area contributed by atoms with Crippen molar-refractivity contribution in [1.29, 1.82) is 0 Å². The van der Waals surface area contributed by atoms with Gasteiger partial charge in [0.05, 0.1) is 6.61 Å². The van der Waals surface area contributed by atoms with E-state index >= 15 is 0 Å². The van der Waals surface area contributed by atoms with Gasteiger partial charge in [-0.25, -0.2) is 4.39 Å². The molecule has 1 saturated heterocycles. The van der Waals surface area contributed by atoms with E-state index in [1.165, 1.54) is 6.07 Å². The van der Waals surface area contributed by atoms with Crippen LogP contribution in [0.2, 0.25) is 5.02 Å². The fraction of sp³-hybridized carbons (Fsp3) is 0.600. The third-order valence-electron chi connectivity index (χ3n) is 3.89. The maximum absolute atomic E-state index is 14.3. The number of hydrogen-bond donors (Lipinski definition) is 1. The summed E-state index contributed by atoms with van der Waals surface area (Å²) in [5.74, 6) is -0.229. The Balaban J connectivity index is 2.22. The highest BCUT2D eigenvalue weighted by Gasteiger charge is 2.37. The molecule has 0 aliphatic carbocycles. The van der Waals surface area contributed by atoms with Crippen LogP contribution in [0.25, 0.3) is 0 Å². The van der Waals surface area contributed by atoms with E-state index in [9.17, 15) is 4.39 Å². The van der Waals surface area contributed by atoms with Crippen molar-refractivity contribution >= 4 is 11.6 Å². The molecule has 0 bridgehead atoms. The molecule has 0 spiro atoms. The second-order valence-corrected chi connectivity index (χ2v) is 5.57. The van der Waals surface area contributed by atoms with Crippen molar-refractivity contribution in [1.82, 2.24) is 5.32 Å². The van der Waals surface area contributed by atoms with E-state index in [0.29, 0.717) is 37.0 Å². The lowest BCUT2D eigenvalue weighted by Crippen LogP contribution is -2.44. The zero-order chi connectivity index (χ0) is 14.4. The van der Waals surface area contributed by atoms with Crippen LogP contribution < -0.4 is 5.32 Å². The van der Waals surface area contributed by atoms with Crippen molar-refractivity contribution in [3.8, 4) is 0 Å². The van der Waals surface area contributed by atoms with Crippen molar-refractivity contribution in [2.24, 2.45) is 0 Å². The average Bonchev–Trinajstić information content (AvgIpc) is 2.45. The van der Waals surface area contributed by atoms with Gasteiger partial charge in [0.1, 0.15) is 5.82 Å². The summed E-state index contributed by atoms with van der Waals surface area (Å²) >= 11 is 6.26. The van der Waals surface area contributed by atoms with Crippen LogP contribution in [0.4, 0.5) is 4.39 Å². The van der Waals surface area contributed by atoms with Crippen molar-refractivity contribution in [3.63, 3.8) is 0 Å². The number of nitrogens with one attached hydrogen (secondary N) is 1. The van der Waals surface area contributed by atoms with Crippen LogP contribution in [0.5, 0.6) is 0 Å². The molecule has 0 atom stereocenters. The Bertz CT molecular complexity index is 416. The van der Waals surface area contributed by atoms with Crippen molar-refractivity contribution < 1.29 is 13.9 Å². The molecule has 1 aliphatic heterocycles. The second-order valence-electron chi connectivity index (χ2n) is 5.16. The largest absolute Gasteiger partial charge is 0.383 e. The molecule has 2 rings (SSSR count). The van der Waals surface area contributed by atoms with Gasteiger partial charge >= 0.3 is 0 Å². The Labute approximate surface area is 124 Å². The van der Waals surface area contributed by atoms with Crippen LogP contribution in [0, 0.1) is 5.82 Å². The van der Waals surface area contributed by atoms with Gasteiger partial charge in [-0.3, -0.25) is 0 Å². The molecule has 0 amide bonds. The Morgan fingerprint density at radius 1 is 1.40 bits per heavy atom. The van der Waals surface area contributed by atoms with Gasteiger partial charge in [0, 0.05) is 49.4 Å². The van der Waals surface area contributed by atoms with Gasteiger partial charge in [0.25, 0.3) is 0 Å². The molecule has 1 aromatic rings. The number of halogens is 2. The Kier molecular flexibility index (Phi) is 5.78. The predicted molar refractivity (Wildman–Crippen MR) is 77.9 cm³/mol. The van der Waals surface area contributed by atoms with Gasteiger partial charge in [0.15, 0.2) is 0 Å². The lowest BCUT2D eigenvalue weighted by molar-refractivity contribution is 0.0481. The number of ether oxygens (including phenoxy) is 2. The van der Waals surface area contributed by atoms with E-state index in [0.717, 1.165) is 19.4 Å². The predicted octanol–water partition coefficient (Wildman–Crippen LogP) is 2.76. The van der Waals surface area contributed by atoms with E-state index < -0.39 is 0 Å². The number of methoxy groups -OCH3 is 1. The van der Waals surface area contributed by atoms with E-state index in [-0.39, 0.29) is 11.2 Å². The van der Waals surface area contributed by atoms with Gasteiger partial charge in [-0.1, -0.05) is 17.7 Å². The summed E-state index contributed by atoms with van der Waals surface area (Å²) in [7, 11) is 1.67. The minimum absolute atomic E-state index is 0.229. The molecule has 20 heavy (non-hydrogen) atoms. The highest BCUT2D eigenvalue weighted by atomic mass is 35.5. The van der Waals surface area contributed by atoms with Crippen LogP contribution in [0.3, 0.4) is 0 Å². The summed E-state index contributed by atoms with van der Waals surface area (Å²) in [6.45, 7) is 3.33. The molecule has 3 nitrogen and oxygen atoms in total. The molecular weight excluding hydrogens is 281 g/mol. The topological polar surface area (TPSA) is 30.5 Å². The Morgan fingerprint density at radius 3 is 2.80 bits per heavy atom. The maximum atomic E-state index is 14.3. The summed E-state index contributed by atoms with van der Waals surface area (Å²) < 4.78 is 24.7. The van der Waals surface area contributed by atoms with Gasteiger partial charge in [0.2, 0.25) is 0 Å². The SMILES string of the molecule is COCCNCC1(c2c(F)cccc2Cl)CCOCC1. The molecule has 0 saturated carbocycles. The molecule has 5 heteroatoms. The van der Waals surface area contributed by atoms with E-state index in [2.05, 4.69) is 5.32 Å². The van der Waals surface area contributed by atoms with Gasteiger partial charge in [-0.05, 0) is 25.0 Å². The quantitative estimate of drug-likeness (QED) is 0.820. The van der Waals surface area contributed by atoms with Gasteiger partial charge in [-0.2, -0.15) is 0 Å². The molecule has 112 valence electrons.